The maximum absolute atomic E-state index is 14.4. The fraction of sp³-hybridized carbons (Fsp3) is 0.281. The van der Waals surface area contributed by atoms with E-state index in [2.05, 4.69) is 20.4 Å². The first-order valence-corrected chi connectivity index (χ1v) is 15.9. The Morgan fingerprint density at radius 3 is 2.62 bits per heavy atom. The van der Waals surface area contributed by atoms with Crippen molar-refractivity contribution >= 4 is 40.8 Å². The van der Waals surface area contributed by atoms with Crippen molar-refractivity contribution in [1.82, 2.24) is 29.8 Å². The zero-order valence-corrected chi connectivity index (χ0v) is 27.3. The smallest absolute Gasteiger partial charge is 0.329 e. The van der Waals surface area contributed by atoms with E-state index in [-0.39, 0.29) is 17.5 Å². The molecule has 6 atom stereocenters. The van der Waals surface area contributed by atoms with Gasteiger partial charge in [-0.1, -0.05) is 76.4 Å². The van der Waals surface area contributed by atoms with Crippen molar-refractivity contribution in [3.05, 3.63) is 111 Å². The van der Waals surface area contributed by atoms with Gasteiger partial charge in [0.2, 0.25) is 0 Å². The molecular formula is C32H26Cl3FN6O6. The van der Waals surface area contributed by atoms with E-state index < -0.39 is 55.1 Å². The lowest BCUT2D eigenvalue weighted by molar-refractivity contribution is -0.322. The van der Waals surface area contributed by atoms with E-state index in [0.29, 0.717) is 32.8 Å². The predicted octanol–water partition coefficient (Wildman–Crippen LogP) is 6.20. The van der Waals surface area contributed by atoms with Gasteiger partial charge in [-0.15, -0.1) is 5.10 Å². The SMILES string of the molecule is Cc1nc([C@@H]2O[C@@H]3CO[C@H](c4ccccc4)O[C@@H]3[C@H](n3cc(-c4ccc(Cl)c(F)c4)nn3)[C@H]2OCC(=O)O)n(-c2cc(Cl)ccc2Cl)n1. The molecule has 2 aromatic heterocycles. The molecule has 3 aromatic carbocycles. The molecule has 0 amide bonds. The second-order valence-corrected chi connectivity index (χ2v) is 12.4. The summed E-state index contributed by atoms with van der Waals surface area (Å²) in [6.07, 6.45) is -2.82. The molecule has 0 spiro atoms. The number of aromatic nitrogens is 6. The summed E-state index contributed by atoms with van der Waals surface area (Å²) in [6, 6.07) is 17.7. The van der Waals surface area contributed by atoms with Crippen LogP contribution in [0.3, 0.4) is 0 Å². The largest absolute Gasteiger partial charge is 0.480 e. The first kappa shape index (κ1) is 32.6. The molecule has 0 unspecified atom stereocenters. The van der Waals surface area contributed by atoms with E-state index >= 15 is 0 Å². The van der Waals surface area contributed by atoms with Crippen LogP contribution >= 0.6 is 34.8 Å². The van der Waals surface area contributed by atoms with Gasteiger partial charge in [0, 0.05) is 16.1 Å². The van der Waals surface area contributed by atoms with Crippen LogP contribution in [0.1, 0.15) is 35.6 Å². The lowest BCUT2D eigenvalue weighted by Gasteiger charge is -2.48. The number of ether oxygens (including phenoxy) is 4. The molecule has 2 saturated heterocycles. The van der Waals surface area contributed by atoms with E-state index in [4.69, 9.17) is 53.8 Å². The van der Waals surface area contributed by atoms with Crippen LogP contribution in [0.4, 0.5) is 4.39 Å². The summed E-state index contributed by atoms with van der Waals surface area (Å²) in [7, 11) is 0. The summed E-state index contributed by atoms with van der Waals surface area (Å²) in [4.78, 5) is 16.6. The van der Waals surface area contributed by atoms with Crippen molar-refractivity contribution in [1.29, 1.82) is 0 Å². The van der Waals surface area contributed by atoms with Crippen molar-refractivity contribution in [2.45, 2.75) is 43.7 Å². The third-order valence-corrected chi connectivity index (χ3v) is 8.84. The highest BCUT2D eigenvalue weighted by Crippen LogP contribution is 2.45. The minimum atomic E-state index is -1.21. The Balaban J connectivity index is 1.35. The van der Waals surface area contributed by atoms with Crippen molar-refractivity contribution < 1.29 is 33.2 Å². The monoisotopic (exact) mass is 714 g/mol. The van der Waals surface area contributed by atoms with Gasteiger partial charge in [0.15, 0.2) is 12.1 Å². The van der Waals surface area contributed by atoms with Crippen LogP contribution in [-0.4, -0.2) is 72.4 Å². The number of benzene rings is 3. The van der Waals surface area contributed by atoms with E-state index in [1.807, 2.05) is 30.3 Å². The van der Waals surface area contributed by atoms with Crippen molar-refractivity contribution in [3.8, 4) is 16.9 Å². The summed E-state index contributed by atoms with van der Waals surface area (Å²) < 4.78 is 42.8. The van der Waals surface area contributed by atoms with Gasteiger partial charge in [0.1, 0.15) is 54.4 Å². The Hall–Kier alpha value is -3.95. The van der Waals surface area contributed by atoms with Gasteiger partial charge in [-0.3, -0.25) is 0 Å². The Kier molecular flexibility index (Phi) is 9.18. The Morgan fingerprint density at radius 1 is 1.06 bits per heavy atom. The summed E-state index contributed by atoms with van der Waals surface area (Å²) in [5.41, 5.74) is 1.94. The van der Waals surface area contributed by atoms with Crippen LogP contribution in [0.5, 0.6) is 0 Å². The first-order valence-electron chi connectivity index (χ1n) is 14.7. The van der Waals surface area contributed by atoms with Gasteiger partial charge < -0.3 is 24.1 Å². The van der Waals surface area contributed by atoms with Crippen LogP contribution in [0.2, 0.25) is 15.1 Å². The molecule has 0 aliphatic carbocycles. The molecule has 48 heavy (non-hydrogen) atoms. The summed E-state index contributed by atoms with van der Waals surface area (Å²) in [6.45, 7) is 1.10. The third kappa shape index (κ3) is 6.42. The molecule has 4 heterocycles. The number of aliphatic carboxylic acids is 1. The van der Waals surface area contributed by atoms with E-state index in [1.54, 1.807) is 37.4 Å². The summed E-state index contributed by atoms with van der Waals surface area (Å²) in [5, 5.41) is 23.7. The predicted molar refractivity (Wildman–Crippen MR) is 171 cm³/mol. The average Bonchev–Trinajstić information content (AvgIpc) is 3.72. The van der Waals surface area contributed by atoms with E-state index in [9.17, 15) is 14.3 Å². The number of aryl methyl sites for hydroxylation is 1. The standard InChI is InChI=1S/C32H26Cl3FN6O6/c1-16-37-31(42(39-16)24-12-19(33)8-10-21(24)35)30-29(45-15-26(43)44)27(41-13-23(38-40-41)18-7-9-20(34)22(36)11-18)28-25(47-30)14-46-32(48-28)17-5-3-2-4-6-17/h2-13,25,27-30,32H,14-15H2,1H3,(H,43,44)/t25-,27+,28+,29-,30-,32+/m1/s1. The van der Waals surface area contributed by atoms with E-state index in [0.717, 1.165) is 5.56 Å². The van der Waals surface area contributed by atoms with Gasteiger partial charge in [0.25, 0.3) is 0 Å². The topological polar surface area (TPSA) is 136 Å². The molecule has 0 saturated carbocycles. The van der Waals surface area contributed by atoms with Gasteiger partial charge >= 0.3 is 5.97 Å². The second kappa shape index (κ2) is 13.5. The van der Waals surface area contributed by atoms with Gasteiger partial charge in [-0.25, -0.2) is 23.5 Å². The maximum Gasteiger partial charge on any atom is 0.329 e. The number of carbonyl (C=O) groups is 1. The molecule has 7 rings (SSSR count). The highest BCUT2D eigenvalue weighted by atomic mass is 35.5. The number of hydrogen-bond acceptors (Lipinski definition) is 9. The van der Waals surface area contributed by atoms with Crippen LogP contribution in [-0.2, 0) is 23.7 Å². The van der Waals surface area contributed by atoms with Crippen LogP contribution in [0.25, 0.3) is 16.9 Å². The van der Waals surface area contributed by atoms with Gasteiger partial charge in [-0.05, 0) is 37.3 Å². The first-order chi connectivity index (χ1) is 23.2. The number of carboxylic acid groups (broad SMARTS) is 1. The van der Waals surface area contributed by atoms with Crippen LogP contribution < -0.4 is 0 Å². The molecule has 1 N–H and O–H groups in total. The minimum Gasteiger partial charge on any atom is -0.480 e. The molecule has 2 fully saturated rings. The number of halogens is 4. The summed E-state index contributed by atoms with van der Waals surface area (Å²) in [5.74, 6) is -1.18. The lowest BCUT2D eigenvalue weighted by Crippen LogP contribution is -2.57. The molecule has 0 radical (unpaired) electrons. The van der Waals surface area contributed by atoms with Crippen LogP contribution in [0, 0.1) is 12.7 Å². The average molecular weight is 716 g/mol. The lowest BCUT2D eigenvalue weighted by atomic mass is 9.90. The number of rotatable bonds is 8. The molecule has 248 valence electrons. The molecule has 2 aliphatic heterocycles. The Morgan fingerprint density at radius 2 is 1.85 bits per heavy atom. The minimum absolute atomic E-state index is 0.0369. The highest BCUT2D eigenvalue weighted by Gasteiger charge is 2.54. The number of fused-ring (bicyclic) bond motifs is 1. The van der Waals surface area contributed by atoms with Crippen molar-refractivity contribution in [2.75, 3.05) is 13.2 Å². The number of hydrogen-bond donors (Lipinski definition) is 1. The normalized spacial score (nSPS) is 23.9. The maximum atomic E-state index is 14.4. The molecule has 5 aromatic rings. The van der Waals surface area contributed by atoms with Crippen LogP contribution in [0.15, 0.2) is 72.9 Å². The number of nitrogens with zero attached hydrogens (tertiary/aromatic N) is 6. The zero-order chi connectivity index (χ0) is 33.5. The van der Waals surface area contributed by atoms with E-state index in [1.165, 1.54) is 21.5 Å². The molecule has 2 aliphatic rings. The molecular weight excluding hydrogens is 690 g/mol. The van der Waals surface area contributed by atoms with Gasteiger partial charge in [-0.2, -0.15) is 5.10 Å². The molecule has 12 nitrogen and oxygen atoms in total. The quantitative estimate of drug-likeness (QED) is 0.198. The molecule has 16 heteroatoms. The Labute approximate surface area is 287 Å². The van der Waals surface area contributed by atoms with Gasteiger partial charge in [0.05, 0.1) is 28.5 Å². The number of carboxylic acids is 1. The zero-order valence-electron chi connectivity index (χ0n) is 25.0. The highest BCUT2D eigenvalue weighted by molar-refractivity contribution is 6.34. The fourth-order valence-electron chi connectivity index (χ4n) is 5.89. The summed E-state index contributed by atoms with van der Waals surface area (Å²) >= 11 is 18.8. The van der Waals surface area contributed by atoms with Crippen molar-refractivity contribution in [2.24, 2.45) is 0 Å². The van der Waals surface area contributed by atoms with Crippen molar-refractivity contribution in [3.63, 3.8) is 0 Å². The molecule has 0 bridgehead atoms. The second-order valence-electron chi connectivity index (χ2n) is 11.2. The third-order valence-electron chi connectivity index (χ3n) is 7.98. The Bertz CT molecular complexity index is 1960. The fourth-order valence-corrected chi connectivity index (χ4v) is 6.38.